The highest BCUT2D eigenvalue weighted by Gasteiger charge is 2.15. The molecule has 1 aromatic carbocycles. The maximum atomic E-state index is 5.70. The van der Waals surface area contributed by atoms with Crippen molar-refractivity contribution in [3.05, 3.63) is 30.1 Å². The van der Waals surface area contributed by atoms with E-state index in [1.54, 1.807) is 0 Å². The first-order valence-corrected chi connectivity index (χ1v) is 6.65. The van der Waals surface area contributed by atoms with Gasteiger partial charge in [-0.3, -0.25) is 4.98 Å². The van der Waals surface area contributed by atoms with Crippen LogP contribution in [0.5, 0.6) is 11.5 Å². The van der Waals surface area contributed by atoms with Crippen LogP contribution in [0, 0.1) is 5.92 Å². The van der Waals surface area contributed by atoms with E-state index in [1.807, 2.05) is 24.4 Å². The zero-order valence-corrected chi connectivity index (χ0v) is 11.1. The summed E-state index contributed by atoms with van der Waals surface area (Å²) < 4.78 is 11.2. The van der Waals surface area contributed by atoms with E-state index in [-0.39, 0.29) is 0 Å². The van der Waals surface area contributed by atoms with E-state index >= 15 is 0 Å². The second-order valence-electron chi connectivity index (χ2n) is 5.02. The maximum absolute atomic E-state index is 5.70. The van der Waals surface area contributed by atoms with Gasteiger partial charge >= 0.3 is 0 Å². The average Bonchev–Trinajstić information content (AvgIpc) is 2.45. The highest BCUT2D eigenvalue weighted by molar-refractivity contribution is 5.88. The minimum atomic E-state index is 0.423. The van der Waals surface area contributed by atoms with Crippen molar-refractivity contribution in [3.8, 4) is 11.5 Å². The van der Waals surface area contributed by atoms with Crippen LogP contribution in [-0.4, -0.2) is 24.7 Å². The van der Waals surface area contributed by atoms with Crippen LogP contribution in [0.4, 0.5) is 0 Å². The van der Waals surface area contributed by atoms with Crippen LogP contribution in [0.15, 0.2) is 24.4 Å². The molecule has 1 aliphatic rings. The SMILES string of the molecule is CC(CN)Cc1nccc2cc3c(cc12)OCCO3. The molecule has 2 aromatic rings. The molecule has 0 saturated carbocycles. The number of hydrogen-bond donors (Lipinski definition) is 1. The van der Waals surface area contributed by atoms with E-state index < -0.39 is 0 Å². The molecule has 19 heavy (non-hydrogen) atoms. The van der Waals surface area contributed by atoms with Crippen molar-refractivity contribution in [2.75, 3.05) is 19.8 Å². The number of aromatic nitrogens is 1. The van der Waals surface area contributed by atoms with Crippen LogP contribution in [0.3, 0.4) is 0 Å². The molecule has 2 heterocycles. The summed E-state index contributed by atoms with van der Waals surface area (Å²) >= 11 is 0. The molecule has 2 N–H and O–H groups in total. The topological polar surface area (TPSA) is 57.4 Å². The molecule has 100 valence electrons. The number of fused-ring (bicyclic) bond motifs is 2. The molecule has 0 radical (unpaired) electrons. The van der Waals surface area contributed by atoms with Crippen LogP contribution in [0.1, 0.15) is 12.6 Å². The van der Waals surface area contributed by atoms with Gasteiger partial charge in [0.1, 0.15) is 13.2 Å². The molecule has 0 spiro atoms. The number of pyridine rings is 1. The fraction of sp³-hybridized carbons (Fsp3) is 0.400. The Hall–Kier alpha value is -1.81. The Kier molecular flexibility index (Phi) is 3.25. The monoisotopic (exact) mass is 258 g/mol. The third-order valence-electron chi connectivity index (χ3n) is 3.45. The molecule has 3 rings (SSSR count). The van der Waals surface area contributed by atoms with Crippen molar-refractivity contribution in [2.45, 2.75) is 13.3 Å². The predicted octanol–water partition coefficient (Wildman–Crippen LogP) is 2.14. The molecule has 0 aliphatic carbocycles. The molecule has 1 atom stereocenters. The van der Waals surface area contributed by atoms with E-state index in [0.29, 0.717) is 25.7 Å². The van der Waals surface area contributed by atoms with Crippen molar-refractivity contribution < 1.29 is 9.47 Å². The first-order chi connectivity index (χ1) is 9.28. The highest BCUT2D eigenvalue weighted by Crippen LogP contribution is 2.35. The summed E-state index contributed by atoms with van der Waals surface area (Å²) in [4.78, 5) is 4.49. The van der Waals surface area contributed by atoms with Crippen molar-refractivity contribution in [1.29, 1.82) is 0 Å². The van der Waals surface area contributed by atoms with Crippen LogP contribution in [-0.2, 0) is 6.42 Å². The van der Waals surface area contributed by atoms with Crippen molar-refractivity contribution >= 4 is 10.8 Å². The van der Waals surface area contributed by atoms with E-state index in [4.69, 9.17) is 15.2 Å². The van der Waals surface area contributed by atoms with Gasteiger partial charge < -0.3 is 15.2 Å². The lowest BCUT2D eigenvalue weighted by Gasteiger charge is -2.19. The van der Waals surface area contributed by atoms with Crippen LogP contribution >= 0.6 is 0 Å². The molecule has 0 saturated heterocycles. The second-order valence-corrected chi connectivity index (χ2v) is 5.02. The molecule has 4 heteroatoms. The minimum Gasteiger partial charge on any atom is -0.486 e. The Morgan fingerprint density at radius 1 is 1.26 bits per heavy atom. The Bertz CT molecular complexity index is 598. The first kappa shape index (κ1) is 12.2. The lowest BCUT2D eigenvalue weighted by molar-refractivity contribution is 0.172. The van der Waals surface area contributed by atoms with Gasteiger partial charge in [0.15, 0.2) is 11.5 Å². The third-order valence-corrected chi connectivity index (χ3v) is 3.45. The Labute approximate surface area is 112 Å². The zero-order valence-electron chi connectivity index (χ0n) is 11.1. The number of benzene rings is 1. The molecule has 1 unspecified atom stereocenters. The average molecular weight is 258 g/mol. The summed E-state index contributed by atoms with van der Waals surface area (Å²) in [5.41, 5.74) is 6.78. The van der Waals surface area contributed by atoms with E-state index in [0.717, 1.165) is 34.4 Å². The van der Waals surface area contributed by atoms with Gasteiger partial charge in [0, 0.05) is 17.3 Å². The van der Waals surface area contributed by atoms with Crippen LogP contribution in [0.25, 0.3) is 10.8 Å². The quantitative estimate of drug-likeness (QED) is 0.916. The van der Waals surface area contributed by atoms with Gasteiger partial charge in [-0.25, -0.2) is 0 Å². The Morgan fingerprint density at radius 3 is 2.74 bits per heavy atom. The number of ether oxygens (including phenoxy) is 2. The van der Waals surface area contributed by atoms with Gasteiger partial charge in [-0.2, -0.15) is 0 Å². The van der Waals surface area contributed by atoms with E-state index in [1.165, 1.54) is 0 Å². The number of nitrogens with two attached hydrogens (primary N) is 1. The number of hydrogen-bond acceptors (Lipinski definition) is 4. The predicted molar refractivity (Wildman–Crippen MR) is 74.7 cm³/mol. The molecule has 1 aliphatic heterocycles. The van der Waals surface area contributed by atoms with E-state index in [2.05, 4.69) is 11.9 Å². The van der Waals surface area contributed by atoms with E-state index in [9.17, 15) is 0 Å². The minimum absolute atomic E-state index is 0.423. The summed E-state index contributed by atoms with van der Waals surface area (Å²) in [7, 11) is 0. The normalized spacial score (nSPS) is 15.5. The summed E-state index contributed by atoms with van der Waals surface area (Å²) in [5, 5.41) is 2.27. The molecular formula is C15H18N2O2. The fourth-order valence-corrected chi connectivity index (χ4v) is 2.35. The second kappa shape index (κ2) is 5.05. The summed E-state index contributed by atoms with van der Waals surface area (Å²) in [5.74, 6) is 2.06. The molecule has 4 nitrogen and oxygen atoms in total. The largest absolute Gasteiger partial charge is 0.486 e. The third kappa shape index (κ3) is 2.36. The van der Waals surface area contributed by atoms with Gasteiger partial charge in [-0.05, 0) is 42.5 Å². The van der Waals surface area contributed by atoms with Gasteiger partial charge in [-0.1, -0.05) is 6.92 Å². The first-order valence-electron chi connectivity index (χ1n) is 6.65. The highest BCUT2D eigenvalue weighted by atomic mass is 16.6. The molecule has 0 amide bonds. The lowest BCUT2D eigenvalue weighted by Crippen LogP contribution is -2.16. The van der Waals surface area contributed by atoms with Crippen LogP contribution < -0.4 is 15.2 Å². The summed E-state index contributed by atoms with van der Waals surface area (Å²) in [6.07, 6.45) is 2.73. The molecule has 1 aromatic heterocycles. The van der Waals surface area contributed by atoms with Crippen molar-refractivity contribution in [3.63, 3.8) is 0 Å². The Balaban J connectivity index is 2.08. The smallest absolute Gasteiger partial charge is 0.162 e. The number of nitrogens with zero attached hydrogens (tertiary/aromatic N) is 1. The number of rotatable bonds is 3. The molecular weight excluding hydrogens is 240 g/mol. The van der Waals surface area contributed by atoms with Gasteiger partial charge in [0.05, 0.1) is 0 Å². The zero-order chi connectivity index (χ0) is 13.2. The molecule has 0 bridgehead atoms. The molecule has 0 fully saturated rings. The standard InChI is InChI=1S/C15H18N2O2/c1-10(9-16)6-13-12-8-15-14(18-4-5-19-15)7-11(12)2-3-17-13/h2-3,7-8,10H,4-6,9,16H2,1H3. The van der Waals surface area contributed by atoms with Gasteiger partial charge in [0.2, 0.25) is 0 Å². The fourth-order valence-electron chi connectivity index (χ4n) is 2.35. The van der Waals surface area contributed by atoms with Gasteiger partial charge in [-0.15, -0.1) is 0 Å². The van der Waals surface area contributed by atoms with Crippen molar-refractivity contribution in [1.82, 2.24) is 4.98 Å². The maximum Gasteiger partial charge on any atom is 0.162 e. The summed E-state index contributed by atoms with van der Waals surface area (Å²) in [6, 6.07) is 6.07. The van der Waals surface area contributed by atoms with Crippen molar-refractivity contribution in [2.24, 2.45) is 11.7 Å². The van der Waals surface area contributed by atoms with Gasteiger partial charge in [0.25, 0.3) is 0 Å². The Morgan fingerprint density at radius 2 is 2.00 bits per heavy atom. The van der Waals surface area contributed by atoms with Crippen LogP contribution in [0.2, 0.25) is 0 Å². The summed E-state index contributed by atoms with van der Waals surface area (Å²) in [6.45, 7) is 4.02. The lowest BCUT2D eigenvalue weighted by atomic mass is 10.0.